The number of piperidine rings is 1. The summed E-state index contributed by atoms with van der Waals surface area (Å²) in [6, 6.07) is 20.1. The number of hydrogen-bond donors (Lipinski definition) is 0. The molecule has 2 aromatic carbocycles. The molecule has 146 valence electrons. The molecule has 1 fully saturated rings. The highest BCUT2D eigenvalue weighted by Gasteiger charge is 2.16. The number of hydrogen-bond acceptors (Lipinski definition) is 5. The van der Waals surface area contributed by atoms with Crippen molar-refractivity contribution in [3.8, 4) is 11.4 Å². The first-order chi connectivity index (χ1) is 13.9. The number of rotatable bonds is 8. The van der Waals surface area contributed by atoms with Crippen LogP contribution < -0.4 is 4.74 Å². The average Bonchev–Trinajstić information content (AvgIpc) is 3.17. The second-order valence-electron chi connectivity index (χ2n) is 6.92. The van der Waals surface area contributed by atoms with E-state index in [-0.39, 0.29) is 0 Å². The predicted octanol–water partition coefficient (Wildman–Crippen LogP) is 4.42. The van der Waals surface area contributed by atoms with Gasteiger partial charge >= 0.3 is 0 Å². The van der Waals surface area contributed by atoms with Crippen molar-refractivity contribution >= 4 is 11.8 Å². The minimum Gasteiger partial charge on any atom is -0.486 e. The maximum absolute atomic E-state index is 5.93. The zero-order valence-corrected chi connectivity index (χ0v) is 16.9. The molecule has 0 amide bonds. The molecular weight excluding hydrogens is 368 g/mol. The molecule has 3 aromatic rings. The minimum atomic E-state index is 0.387. The first-order valence-corrected chi connectivity index (χ1v) is 10.9. The van der Waals surface area contributed by atoms with Crippen LogP contribution in [0.1, 0.15) is 25.1 Å². The highest BCUT2D eigenvalue weighted by atomic mass is 32.2. The average molecular weight is 395 g/mol. The summed E-state index contributed by atoms with van der Waals surface area (Å²) in [5.41, 5.74) is 1.07. The Morgan fingerprint density at radius 2 is 1.57 bits per heavy atom. The molecule has 4 rings (SSSR count). The van der Waals surface area contributed by atoms with Gasteiger partial charge in [0.15, 0.2) is 11.0 Å². The van der Waals surface area contributed by atoms with Crippen LogP contribution in [-0.4, -0.2) is 45.1 Å². The Hall–Kier alpha value is -2.31. The number of aromatic nitrogens is 3. The van der Waals surface area contributed by atoms with E-state index in [1.807, 2.05) is 48.5 Å². The van der Waals surface area contributed by atoms with Crippen LogP contribution in [0.4, 0.5) is 0 Å². The molecule has 0 N–H and O–H groups in total. The zero-order valence-electron chi connectivity index (χ0n) is 16.0. The lowest BCUT2D eigenvalue weighted by Crippen LogP contribution is -2.31. The number of nitrogens with zero attached hydrogens (tertiary/aromatic N) is 4. The van der Waals surface area contributed by atoms with E-state index >= 15 is 0 Å². The number of benzene rings is 2. The predicted molar refractivity (Wildman–Crippen MR) is 113 cm³/mol. The van der Waals surface area contributed by atoms with Crippen LogP contribution in [0.2, 0.25) is 0 Å². The second-order valence-corrected chi connectivity index (χ2v) is 7.98. The van der Waals surface area contributed by atoms with Gasteiger partial charge in [0.2, 0.25) is 0 Å². The van der Waals surface area contributed by atoms with Crippen molar-refractivity contribution in [3.63, 3.8) is 0 Å². The summed E-state index contributed by atoms with van der Waals surface area (Å²) in [6.07, 6.45) is 4.02. The highest BCUT2D eigenvalue weighted by molar-refractivity contribution is 7.99. The number of ether oxygens (including phenoxy) is 1. The van der Waals surface area contributed by atoms with Gasteiger partial charge in [0.1, 0.15) is 12.4 Å². The van der Waals surface area contributed by atoms with Crippen molar-refractivity contribution in [2.24, 2.45) is 0 Å². The Balaban J connectivity index is 1.46. The molecule has 1 aliphatic rings. The normalized spacial score (nSPS) is 14.9. The lowest BCUT2D eigenvalue weighted by molar-refractivity contribution is 0.242. The maximum Gasteiger partial charge on any atom is 0.195 e. The summed E-state index contributed by atoms with van der Waals surface area (Å²) in [4.78, 5) is 2.55. The molecule has 0 spiro atoms. The van der Waals surface area contributed by atoms with Crippen LogP contribution in [0.5, 0.6) is 5.75 Å². The van der Waals surface area contributed by atoms with E-state index in [9.17, 15) is 0 Å². The maximum atomic E-state index is 5.93. The Morgan fingerprint density at radius 3 is 2.32 bits per heavy atom. The van der Waals surface area contributed by atoms with Gasteiger partial charge in [-0.15, -0.1) is 10.2 Å². The van der Waals surface area contributed by atoms with Gasteiger partial charge in [-0.2, -0.15) is 0 Å². The van der Waals surface area contributed by atoms with Crippen LogP contribution in [0.3, 0.4) is 0 Å². The van der Waals surface area contributed by atoms with E-state index in [2.05, 4.69) is 31.8 Å². The highest BCUT2D eigenvalue weighted by Crippen LogP contribution is 2.23. The van der Waals surface area contributed by atoms with Crippen molar-refractivity contribution in [2.75, 3.05) is 25.4 Å². The summed E-state index contributed by atoms with van der Waals surface area (Å²) in [5.74, 6) is 2.67. The molecule has 5 nitrogen and oxygen atoms in total. The van der Waals surface area contributed by atoms with Gasteiger partial charge < -0.3 is 9.64 Å². The molecule has 6 heteroatoms. The van der Waals surface area contributed by atoms with Gasteiger partial charge in [0, 0.05) is 18.0 Å². The molecular formula is C22H26N4OS. The van der Waals surface area contributed by atoms with Crippen molar-refractivity contribution in [1.82, 2.24) is 19.7 Å². The van der Waals surface area contributed by atoms with E-state index in [4.69, 9.17) is 4.74 Å². The molecule has 1 aliphatic heterocycles. The van der Waals surface area contributed by atoms with Crippen molar-refractivity contribution in [1.29, 1.82) is 0 Å². The molecule has 0 bridgehead atoms. The number of likely N-dealkylation sites (tertiary alicyclic amines) is 1. The molecule has 0 unspecified atom stereocenters. The Labute approximate surface area is 170 Å². The topological polar surface area (TPSA) is 43.2 Å². The van der Waals surface area contributed by atoms with Gasteiger partial charge in [-0.25, -0.2) is 0 Å². The fourth-order valence-corrected chi connectivity index (χ4v) is 4.41. The van der Waals surface area contributed by atoms with Crippen molar-refractivity contribution in [3.05, 3.63) is 66.5 Å². The van der Waals surface area contributed by atoms with Gasteiger partial charge in [-0.3, -0.25) is 4.57 Å². The van der Waals surface area contributed by atoms with E-state index in [1.165, 1.54) is 32.4 Å². The smallest absolute Gasteiger partial charge is 0.195 e. The number of para-hydroxylation sites is 2. The Morgan fingerprint density at radius 1 is 0.857 bits per heavy atom. The lowest BCUT2D eigenvalue weighted by atomic mass is 10.1. The summed E-state index contributed by atoms with van der Waals surface area (Å²) < 4.78 is 8.04. The third kappa shape index (κ3) is 4.94. The lowest BCUT2D eigenvalue weighted by Gasteiger charge is -2.25. The van der Waals surface area contributed by atoms with E-state index in [1.54, 1.807) is 11.8 Å². The van der Waals surface area contributed by atoms with E-state index in [0.29, 0.717) is 6.61 Å². The molecule has 1 saturated heterocycles. The van der Waals surface area contributed by atoms with Crippen LogP contribution >= 0.6 is 11.8 Å². The second kappa shape index (κ2) is 9.75. The van der Waals surface area contributed by atoms with Crippen LogP contribution in [0.25, 0.3) is 5.69 Å². The fraction of sp³-hybridized carbons (Fsp3) is 0.364. The minimum absolute atomic E-state index is 0.387. The quantitative estimate of drug-likeness (QED) is 0.529. The first-order valence-electron chi connectivity index (χ1n) is 9.93. The zero-order chi connectivity index (χ0) is 19.0. The standard InChI is InChI=1S/C22H26N4OS/c1-4-10-19(11-5-1)26-21(18-27-20-12-6-2-7-13-20)23-24-22(26)28-17-16-25-14-8-3-9-15-25/h1-2,4-7,10-13H,3,8-9,14-18H2. The fourth-order valence-electron chi connectivity index (χ4n) is 3.44. The molecule has 2 heterocycles. The molecule has 28 heavy (non-hydrogen) atoms. The van der Waals surface area contributed by atoms with Crippen molar-refractivity contribution < 1.29 is 4.74 Å². The van der Waals surface area contributed by atoms with Gasteiger partial charge in [-0.1, -0.05) is 54.6 Å². The number of thioether (sulfide) groups is 1. The summed E-state index contributed by atoms with van der Waals surface area (Å²) in [5, 5.41) is 9.82. The molecule has 0 radical (unpaired) electrons. The molecule has 0 saturated carbocycles. The van der Waals surface area contributed by atoms with Gasteiger partial charge in [-0.05, 0) is 50.2 Å². The van der Waals surface area contributed by atoms with Gasteiger partial charge in [0.05, 0.1) is 0 Å². The largest absolute Gasteiger partial charge is 0.486 e. The monoisotopic (exact) mass is 394 g/mol. The van der Waals surface area contributed by atoms with E-state index in [0.717, 1.165) is 34.7 Å². The Kier molecular flexibility index (Phi) is 6.63. The van der Waals surface area contributed by atoms with Crippen molar-refractivity contribution in [2.45, 2.75) is 31.0 Å². The van der Waals surface area contributed by atoms with Crippen LogP contribution in [0.15, 0.2) is 65.8 Å². The third-order valence-corrected chi connectivity index (χ3v) is 5.82. The van der Waals surface area contributed by atoms with Crippen LogP contribution in [0, 0.1) is 0 Å². The third-order valence-electron chi connectivity index (χ3n) is 4.91. The summed E-state index contributed by atoms with van der Waals surface area (Å²) in [7, 11) is 0. The van der Waals surface area contributed by atoms with Gasteiger partial charge in [0.25, 0.3) is 0 Å². The van der Waals surface area contributed by atoms with Crippen LogP contribution in [-0.2, 0) is 6.61 Å². The summed E-state index contributed by atoms with van der Waals surface area (Å²) in [6.45, 7) is 3.94. The molecule has 0 atom stereocenters. The summed E-state index contributed by atoms with van der Waals surface area (Å²) >= 11 is 1.77. The molecule has 0 aliphatic carbocycles. The SMILES string of the molecule is c1ccc(OCc2nnc(SCCN3CCCCC3)n2-c2ccccc2)cc1. The van der Waals surface area contributed by atoms with E-state index < -0.39 is 0 Å². The molecule has 1 aromatic heterocycles. The first kappa shape index (κ1) is 19.0. The Bertz CT molecular complexity index is 847.